The Hall–Kier alpha value is -1.20. The highest BCUT2D eigenvalue weighted by molar-refractivity contribution is 7.11. The Morgan fingerprint density at radius 3 is 2.65 bits per heavy atom. The lowest BCUT2D eigenvalue weighted by Crippen LogP contribution is -2.33. The zero-order chi connectivity index (χ0) is 14.8. The average Bonchev–Trinajstić information content (AvgIpc) is 3.04. The standard InChI is InChI=1S/C15H24N4S/c1-11(12(2)19-8-6-7-18-19)16-9-13-10-17-14(20-13)15(3,4)5/h6-8,10-12,16H,9H2,1-5H3/t11-,12-/m1/s1. The third-order valence-corrected chi connectivity index (χ3v) is 4.88. The number of aromatic nitrogens is 3. The predicted molar refractivity (Wildman–Crippen MR) is 84.1 cm³/mol. The van der Waals surface area contributed by atoms with Gasteiger partial charge in [-0.2, -0.15) is 5.10 Å². The van der Waals surface area contributed by atoms with Crippen molar-refractivity contribution in [2.24, 2.45) is 0 Å². The fourth-order valence-electron chi connectivity index (χ4n) is 1.92. The molecule has 2 rings (SSSR count). The topological polar surface area (TPSA) is 42.7 Å². The first-order valence-electron chi connectivity index (χ1n) is 7.05. The van der Waals surface area contributed by atoms with Crippen LogP contribution in [0.4, 0.5) is 0 Å². The Bertz CT molecular complexity index is 524. The number of hydrogen-bond donors (Lipinski definition) is 1. The van der Waals surface area contributed by atoms with E-state index < -0.39 is 0 Å². The summed E-state index contributed by atoms with van der Waals surface area (Å²) in [6.07, 6.45) is 5.82. The molecule has 0 aliphatic rings. The summed E-state index contributed by atoms with van der Waals surface area (Å²) in [5.74, 6) is 0. The molecule has 0 bridgehead atoms. The van der Waals surface area contributed by atoms with E-state index in [1.54, 1.807) is 11.3 Å². The van der Waals surface area contributed by atoms with Crippen LogP contribution in [0.2, 0.25) is 0 Å². The molecule has 4 nitrogen and oxygen atoms in total. The summed E-state index contributed by atoms with van der Waals surface area (Å²) in [7, 11) is 0. The van der Waals surface area contributed by atoms with Crippen molar-refractivity contribution < 1.29 is 0 Å². The fourth-order valence-corrected chi connectivity index (χ4v) is 2.84. The van der Waals surface area contributed by atoms with Crippen LogP contribution < -0.4 is 5.32 Å². The van der Waals surface area contributed by atoms with Gasteiger partial charge in [0.15, 0.2) is 0 Å². The Labute approximate surface area is 125 Å². The Kier molecular flexibility index (Phi) is 4.60. The van der Waals surface area contributed by atoms with Gasteiger partial charge in [-0.15, -0.1) is 11.3 Å². The van der Waals surface area contributed by atoms with E-state index in [2.05, 4.69) is 50.0 Å². The van der Waals surface area contributed by atoms with Crippen molar-refractivity contribution in [2.45, 2.75) is 58.7 Å². The minimum Gasteiger partial charge on any atom is -0.307 e. The summed E-state index contributed by atoms with van der Waals surface area (Å²) in [5.41, 5.74) is 0.136. The molecule has 0 aromatic carbocycles. The predicted octanol–water partition coefficient (Wildman–Crippen LogP) is 3.38. The average molecular weight is 292 g/mol. The first-order chi connectivity index (χ1) is 9.38. The van der Waals surface area contributed by atoms with Gasteiger partial charge in [0.05, 0.1) is 11.0 Å². The lowest BCUT2D eigenvalue weighted by molar-refractivity contribution is 0.366. The highest BCUT2D eigenvalue weighted by atomic mass is 32.1. The Balaban J connectivity index is 1.90. The SMILES string of the molecule is C[C@H]([C@@H](C)NCc1cnc(C(C)(C)C)s1)n1cccn1. The van der Waals surface area contributed by atoms with Gasteiger partial charge >= 0.3 is 0 Å². The summed E-state index contributed by atoms with van der Waals surface area (Å²) < 4.78 is 1.99. The monoisotopic (exact) mass is 292 g/mol. The highest BCUT2D eigenvalue weighted by Gasteiger charge is 2.19. The number of hydrogen-bond acceptors (Lipinski definition) is 4. The van der Waals surface area contributed by atoms with Crippen LogP contribution in [0.25, 0.3) is 0 Å². The molecule has 0 unspecified atom stereocenters. The Morgan fingerprint density at radius 1 is 1.35 bits per heavy atom. The molecule has 0 saturated heterocycles. The minimum atomic E-state index is 0.136. The maximum absolute atomic E-state index is 4.52. The maximum atomic E-state index is 4.52. The summed E-state index contributed by atoms with van der Waals surface area (Å²) in [6.45, 7) is 11.8. The van der Waals surface area contributed by atoms with Gasteiger partial charge in [-0.3, -0.25) is 4.68 Å². The van der Waals surface area contributed by atoms with Crippen molar-refractivity contribution in [2.75, 3.05) is 0 Å². The van der Waals surface area contributed by atoms with E-state index >= 15 is 0 Å². The molecule has 0 aliphatic heterocycles. The quantitative estimate of drug-likeness (QED) is 0.918. The lowest BCUT2D eigenvalue weighted by atomic mass is 9.98. The van der Waals surface area contributed by atoms with Gasteiger partial charge < -0.3 is 5.32 Å². The van der Waals surface area contributed by atoms with Crippen LogP contribution in [-0.2, 0) is 12.0 Å². The third kappa shape index (κ3) is 3.67. The van der Waals surface area contributed by atoms with Gasteiger partial charge in [0.25, 0.3) is 0 Å². The molecule has 1 N–H and O–H groups in total. The van der Waals surface area contributed by atoms with Crippen LogP contribution in [0.5, 0.6) is 0 Å². The van der Waals surface area contributed by atoms with Gasteiger partial charge in [0.2, 0.25) is 0 Å². The van der Waals surface area contributed by atoms with E-state index in [1.165, 1.54) is 9.88 Å². The maximum Gasteiger partial charge on any atom is 0.0981 e. The second-order valence-corrected chi connectivity index (χ2v) is 7.39. The van der Waals surface area contributed by atoms with E-state index in [0.717, 1.165) is 6.54 Å². The normalized spacial score (nSPS) is 15.2. The molecule has 20 heavy (non-hydrogen) atoms. The van der Waals surface area contributed by atoms with Gasteiger partial charge in [0.1, 0.15) is 0 Å². The molecule has 0 radical (unpaired) electrons. The minimum absolute atomic E-state index is 0.136. The molecule has 110 valence electrons. The molecule has 2 heterocycles. The molecule has 0 fully saturated rings. The van der Waals surface area contributed by atoms with Gasteiger partial charge in [0, 0.05) is 41.5 Å². The van der Waals surface area contributed by atoms with E-state index in [-0.39, 0.29) is 5.41 Å². The van der Waals surface area contributed by atoms with Gasteiger partial charge in [-0.25, -0.2) is 4.98 Å². The lowest BCUT2D eigenvalue weighted by Gasteiger charge is -2.21. The van der Waals surface area contributed by atoms with E-state index in [0.29, 0.717) is 12.1 Å². The molecule has 2 atom stereocenters. The largest absolute Gasteiger partial charge is 0.307 e. The van der Waals surface area contributed by atoms with Crippen molar-refractivity contribution >= 4 is 11.3 Å². The highest BCUT2D eigenvalue weighted by Crippen LogP contribution is 2.26. The zero-order valence-corrected chi connectivity index (χ0v) is 13.7. The van der Waals surface area contributed by atoms with Crippen molar-refractivity contribution in [1.29, 1.82) is 0 Å². The summed E-state index contributed by atoms with van der Waals surface area (Å²) in [4.78, 5) is 5.81. The zero-order valence-electron chi connectivity index (χ0n) is 12.9. The Morgan fingerprint density at radius 2 is 2.10 bits per heavy atom. The molecule has 0 spiro atoms. The summed E-state index contributed by atoms with van der Waals surface area (Å²) >= 11 is 1.79. The van der Waals surface area contributed by atoms with Crippen molar-refractivity contribution in [3.05, 3.63) is 34.5 Å². The van der Waals surface area contributed by atoms with Crippen LogP contribution in [-0.4, -0.2) is 20.8 Å². The van der Waals surface area contributed by atoms with Crippen molar-refractivity contribution in [3.8, 4) is 0 Å². The fraction of sp³-hybridized carbons (Fsp3) is 0.600. The van der Waals surface area contributed by atoms with Crippen LogP contribution in [0.1, 0.15) is 50.5 Å². The first-order valence-corrected chi connectivity index (χ1v) is 7.87. The second-order valence-electron chi connectivity index (χ2n) is 6.28. The number of rotatable bonds is 5. The van der Waals surface area contributed by atoms with Crippen LogP contribution >= 0.6 is 11.3 Å². The van der Waals surface area contributed by atoms with E-state index in [9.17, 15) is 0 Å². The number of thiazole rings is 1. The third-order valence-electron chi connectivity index (χ3n) is 3.46. The molecule has 2 aromatic heterocycles. The molecule has 2 aromatic rings. The molecule has 0 amide bonds. The van der Waals surface area contributed by atoms with E-state index in [1.807, 2.05) is 29.3 Å². The van der Waals surface area contributed by atoms with Gasteiger partial charge in [-0.05, 0) is 19.9 Å². The second kappa shape index (κ2) is 6.06. The molecule has 0 saturated carbocycles. The smallest absolute Gasteiger partial charge is 0.0981 e. The summed E-state index contributed by atoms with van der Waals surface area (Å²) in [6, 6.07) is 2.65. The molecular formula is C15H24N4S. The van der Waals surface area contributed by atoms with Crippen LogP contribution in [0.3, 0.4) is 0 Å². The van der Waals surface area contributed by atoms with Gasteiger partial charge in [-0.1, -0.05) is 20.8 Å². The van der Waals surface area contributed by atoms with Crippen LogP contribution in [0, 0.1) is 0 Å². The van der Waals surface area contributed by atoms with Crippen molar-refractivity contribution in [1.82, 2.24) is 20.1 Å². The molecule has 5 heteroatoms. The van der Waals surface area contributed by atoms with E-state index in [4.69, 9.17) is 0 Å². The first kappa shape index (κ1) is 15.2. The van der Waals surface area contributed by atoms with Crippen molar-refractivity contribution in [3.63, 3.8) is 0 Å². The molecule has 0 aliphatic carbocycles. The number of nitrogens with zero attached hydrogens (tertiary/aromatic N) is 3. The number of nitrogens with one attached hydrogen (secondary N) is 1. The molecular weight excluding hydrogens is 268 g/mol. The summed E-state index contributed by atoms with van der Waals surface area (Å²) in [5, 5.41) is 9.05. The van der Waals surface area contributed by atoms with Crippen LogP contribution in [0.15, 0.2) is 24.7 Å².